The SMILES string of the molecule is Cc1ccc(S(=O)(=O)N(CCC2=CCCCC2)C2CC(=O)N(c3ccc(I)cc3)C2=O)cc1. The fourth-order valence-corrected chi connectivity index (χ4v) is 6.32. The van der Waals surface area contributed by atoms with Crippen molar-refractivity contribution in [2.45, 2.75) is 56.4 Å². The third-order valence-corrected chi connectivity index (χ3v) is 8.86. The lowest BCUT2D eigenvalue weighted by molar-refractivity contribution is -0.122. The Bertz CT molecular complexity index is 1170. The number of amides is 2. The minimum Gasteiger partial charge on any atom is -0.274 e. The van der Waals surface area contributed by atoms with Gasteiger partial charge in [-0.3, -0.25) is 9.59 Å². The normalized spacial score (nSPS) is 19.3. The Morgan fingerprint density at radius 1 is 1.03 bits per heavy atom. The van der Waals surface area contributed by atoms with E-state index in [4.69, 9.17) is 0 Å². The second kappa shape index (κ2) is 10.1. The zero-order chi connectivity index (χ0) is 23.6. The van der Waals surface area contributed by atoms with Gasteiger partial charge in [-0.15, -0.1) is 0 Å². The number of allylic oxidation sites excluding steroid dienone is 1. The highest BCUT2D eigenvalue weighted by atomic mass is 127. The van der Waals surface area contributed by atoms with Gasteiger partial charge >= 0.3 is 0 Å². The Kier molecular flexibility index (Phi) is 7.35. The Morgan fingerprint density at radius 3 is 2.36 bits per heavy atom. The topological polar surface area (TPSA) is 74.8 Å². The van der Waals surface area contributed by atoms with E-state index >= 15 is 0 Å². The van der Waals surface area contributed by atoms with E-state index in [0.717, 1.165) is 39.7 Å². The number of imide groups is 1. The number of hydrogen-bond donors (Lipinski definition) is 0. The molecular weight excluding hydrogens is 551 g/mol. The Hall–Kier alpha value is -2.04. The molecule has 2 aromatic rings. The van der Waals surface area contributed by atoms with Crippen LogP contribution < -0.4 is 4.90 Å². The first kappa shape index (κ1) is 24.1. The lowest BCUT2D eigenvalue weighted by atomic mass is 9.97. The molecule has 174 valence electrons. The maximum Gasteiger partial charge on any atom is 0.252 e. The number of benzene rings is 2. The van der Waals surface area contributed by atoms with Crippen LogP contribution in [0.1, 0.15) is 44.1 Å². The third kappa shape index (κ3) is 5.22. The van der Waals surface area contributed by atoms with Crippen molar-refractivity contribution in [2.75, 3.05) is 11.4 Å². The van der Waals surface area contributed by atoms with Crippen LogP contribution in [0.2, 0.25) is 0 Å². The summed E-state index contributed by atoms with van der Waals surface area (Å²) in [4.78, 5) is 27.5. The summed E-state index contributed by atoms with van der Waals surface area (Å²) in [5.74, 6) is -0.873. The molecular formula is C25H27IN2O4S. The molecule has 1 unspecified atom stereocenters. The highest BCUT2D eigenvalue weighted by molar-refractivity contribution is 14.1. The van der Waals surface area contributed by atoms with E-state index in [-0.39, 0.29) is 23.8 Å². The van der Waals surface area contributed by atoms with E-state index < -0.39 is 22.0 Å². The number of aryl methyl sites for hydroxylation is 1. The molecule has 1 fully saturated rings. The molecule has 2 amide bonds. The molecule has 0 radical (unpaired) electrons. The molecule has 1 heterocycles. The molecule has 1 atom stereocenters. The second-order valence-corrected chi connectivity index (χ2v) is 11.7. The number of halogens is 1. The number of anilines is 1. The Labute approximate surface area is 208 Å². The van der Waals surface area contributed by atoms with Crippen LogP contribution in [0.25, 0.3) is 0 Å². The van der Waals surface area contributed by atoms with E-state index in [2.05, 4.69) is 28.7 Å². The van der Waals surface area contributed by atoms with Gasteiger partial charge in [0.2, 0.25) is 15.9 Å². The average Bonchev–Trinajstić information content (AvgIpc) is 3.09. The Morgan fingerprint density at radius 2 is 1.73 bits per heavy atom. The van der Waals surface area contributed by atoms with Crippen LogP contribution in [0.3, 0.4) is 0 Å². The van der Waals surface area contributed by atoms with Gasteiger partial charge in [-0.05, 0) is 98.0 Å². The summed E-state index contributed by atoms with van der Waals surface area (Å²) in [7, 11) is -3.97. The van der Waals surface area contributed by atoms with Gasteiger partial charge in [-0.25, -0.2) is 13.3 Å². The lowest BCUT2D eigenvalue weighted by Crippen LogP contribution is -2.46. The summed E-state index contributed by atoms with van der Waals surface area (Å²) >= 11 is 2.15. The fourth-order valence-electron chi connectivity index (χ4n) is 4.38. The van der Waals surface area contributed by atoms with Crippen molar-refractivity contribution >= 4 is 50.1 Å². The molecule has 33 heavy (non-hydrogen) atoms. The summed E-state index contributed by atoms with van der Waals surface area (Å²) in [5, 5.41) is 0. The van der Waals surface area contributed by atoms with Crippen molar-refractivity contribution in [1.29, 1.82) is 0 Å². The summed E-state index contributed by atoms with van der Waals surface area (Å²) in [6, 6.07) is 12.6. The Balaban J connectivity index is 1.67. The molecule has 0 N–H and O–H groups in total. The number of carbonyl (C=O) groups excluding carboxylic acids is 2. The molecule has 2 aromatic carbocycles. The molecule has 1 aliphatic heterocycles. The molecule has 0 aromatic heterocycles. The van der Waals surface area contributed by atoms with E-state index in [1.807, 2.05) is 19.1 Å². The molecule has 8 heteroatoms. The van der Waals surface area contributed by atoms with E-state index in [1.54, 1.807) is 36.4 Å². The predicted molar refractivity (Wildman–Crippen MR) is 136 cm³/mol. The van der Waals surface area contributed by atoms with Gasteiger partial charge in [0.25, 0.3) is 5.91 Å². The van der Waals surface area contributed by atoms with Gasteiger partial charge < -0.3 is 0 Å². The lowest BCUT2D eigenvalue weighted by Gasteiger charge is -2.28. The van der Waals surface area contributed by atoms with E-state index in [0.29, 0.717) is 12.1 Å². The molecule has 1 saturated heterocycles. The summed E-state index contributed by atoms with van der Waals surface area (Å²) in [6.45, 7) is 2.06. The van der Waals surface area contributed by atoms with Crippen molar-refractivity contribution < 1.29 is 18.0 Å². The van der Waals surface area contributed by atoms with Crippen LogP contribution in [0.5, 0.6) is 0 Å². The van der Waals surface area contributed by atoms with Gasteiger partial charge in [0.1, 0.15) is 6.04 Å². The van der Waals surface area contributed by atoms with Crippen molar-refractivity contribution in [3.05, 3.63) is 69.3 Å². The van der Waals surface area contributed by atoms with Crippen molar-refractivity contribution in [1.82, 2.24) is 4.31 Å². The third-order valence-electron chi connectivity index (χ3n) is 6.22. The smallest absolute Gasteiger partial charge is 0.252 e. The number of nitrogens with zero attached hydrogens (tertiary/aromatic N) is 2. The van der Waals surface area contributed by atoms with Crippen molar-refractivity contribution in [2.24, 2.45) is 0 Å². The highest BCUT2D eigenvalue weighted by Gasteiger charge is 2.46. The van der Waals surface area contributed by atoms with Gasteiger partial charge in [-0.1, -0.05) is 29.3 Å². The van der Waals surface area contributed by atoms with Crippen LogP contribution in [0.15, 0.2) is 65.1 Å². The van der Waals surface area contributed by atoms with Crippen LogP contribution in [-0.4, -0.2) is 37.1 Å². The minimum atomic E-state index is -3.97. The van der Waals surface area contributed by atoms with Crippen LogP contribution in [0.4, 0.5) is 5.69 Å². The molecule has 6 nitrogen and oxygen atoms in total. The van der Waals surface area contributed by atoms with Gasteiger partial charge in [-0.2, -0.15) is 4.31 Å². The molecule has 0 bridgehead atoms. The highest BCUT2D eigenvalue weighted by Crippen LogP contribution is 2.31. The quantitative estimate of drug-likeness (QED) is 0.269. The minimum absolute atomic E-state index is 0.138. The fraction of sp³-hybridized carbons (Fsp3) is 0.360. The number of hydrogen-bond acceptors (Lipinski definition) is 4. The van der Waals surface area contributed by atoms with Crippen LogP contribution >= 0.6 is 22.6 Å². The molecule has 4 rings (SSSR count). The van der Waals surface area contributed by atoms with Gasteiger partial charge in [0.05, 0.1) is 17.0 Å². The molecule has 2 aliphatic rings. The summed E-state index contributed by atoms with van der Waals surface area (Å²) in [5.41, 5.74) is 2.64. The summed E-state index contributed by atoms with van der Waals surface area (Å²) < 4.78 is 29.6. The maximum atomic E-state index is 13.7. The number of carbonyl (C=O) groups is 2. The van der Waals surface area contributed by atoms with Crippen molar-refractivity contribution in [3.8, 4) is 0 Å². The van der Waals surface area contributed by atoms with E-state index in [9.17, 15) is 18.0 Å². The average molecular weight is 578 g/mol. The predicted octanol–water partition coefficient (Wildman–Crippen LogP) is 4.81. The van der Waals surface area contributed by atoms with Crippen LogP contribution in [-0.2, 0) is 19.6 Å². The number of sulfonamides is 1. The first-order valence-corrected chi connectivity index (χ1v) is 13.7. The van der Waals surface area contributed by atoms with Gasteiger partial charge in [0.15, 0.2) is 0 Å². The van der Waals surface area contributed by atoms with Gasteiger partial charge in [0, 0.05) is 10.1 Å². The second-order valence-electron chi connectivity index (χ2n) is 8.55. The molecule has 0 saturated carbocycles. The monoisotopic (exact) mass is 578 g/mol. The van der Waals surface area contributed by atoms with Crippen LogP contribution in [0, 0.1) is 10.5 Å². The first-order chi connectivity index (χ1) is 15.8. The number of rotatable bonds is 7. The van der Waals surface area contributed by atoms with Crippen molar-refractivity contribution in [3.63, 3.8) is 0 Å². The zero-order valence-corrected chi connectivity index (χ0v) is 21.5. The maximum absolute atomic E-state index is 13.7. The van der Waals surface area contributed by atoms with E-state index in [1.165, 1.54) is 9.88 Å². The summed E-state index contributed by atoms with van der Waals surface area (Å²) in [6.07, 6.45) is 6.78. The molecule has 1 aliphatic carbocycles. The standard InChI is InChI=1S/C25H27IN2O4S/c1-18-7-13-22(14-8-18)33(31,32)27(16-15-19-5-3-2-4-6-19)23-17-24(29)28(25(23)30)21-11-9-20(26)10-12-21/h5,7-14,23H,2-4,6,15-17H2,1H3. The molecule has 0 spiro atoms. The zero-order valence-electron chi connectivity index (χ0n) is 18.5. The largest absolute Gasteiger partial charge is 0.274 e. The first-order valence-electron chi connectivity index (χ1n) is 11.2.